The number of halogens is 1. The number of fused-ring (bicyclic) bond motifs is 8. The van der Waals surface area contributed by atoms with Crippen LogP contribution in [-0.4, -0.2) is 37.8 Å². The van der Waals surface area contributed by atoms with Crippen molar-refractivity contribution in [3.8, 4) is 28.3 Å². The van der Waals surface area contributed by atoms with Crippen LogP contribution in [0.2, 0.25) is 0 Å². The Morgan fingerprint density at radius 2 is 2.03 bits per heavy atom. The first kappa shape index (κ1) is 21.6. The number of pyridine rings is 1. The van der Waals surface area contributed by atoms with Gasteiger partial charge in [-0.1, -0.05) is 0 Å². The summed E-state index contributed by atoms with van der Waals surface area (Å²) in [5, 5.41) is 10.0. The third-order valence-corrected chi connectivity index (χ3v) is 7.89. The highest BCUT2D eigenvalue weighted by Crippen LogP contribution is 2.56. The molecule has 2 bridgehead atoms. The first-order valence-electron chi connectivity index (χ1n) is 12.3. The highest BCUT2D eigenvalue weighted by Gasteiger charge is 2.54. The number of benzene rings is 1. The quantitative estimate of drug-likeness (QED) is 0.430. The maximum Gasteiger partial charge on any atom is 0.166 e. The third kappa shape index (κ3) is 2.86. The predicted molar refractivity (Wildman–Crippen MR) is 132 cm³/mol. The van der Waals surface area contributed by atoms with Crippen molar-refractivity contribution >= 4 is 5.82 Å². The Kier molecular flexibility index (Phi) is 4.43. The Morgan fingerprint density at radius 3 is 2.78 bits per heavy atom. The molecule has 2 N–H and O–H groups in total. The van der Waals surface area contributed by atoms with Gasteiger partial charge in [-0.2, -0.15) is 10.2 Å². The SMILES string of the molecule is CCn1nc2c3c1-c1cnc(N)c(c1)O[C@H](C)c1cc(F)ccc1-c1nn(C)cc1[C@H]3CC21COC1. The minimum absolute atomic E-state index is 0.0532. The normalized spacial score (nSPS) is 21.0. The zero-order valence-corrected chi connectivity index (χ0v) is 20.5. The molecule has 0 unspecified atom stereocenters. The molecule has 8 nitrogen and oxygen atoms in total. The summed E-state index contributed by atoms with van der Waals surface area (Å²) in [4.78, 5) is 4.48. The van der Waals surface area contributed by atoms with Crippen molar-refractivity contribution in [1.29, 1.82) is 0 Å². The highest BCUT2D eigenvalue weighted by molar-refractivity contribution is 5.75. The zero-order valence-electron chi connectivity index (χ0n) is 20.5. The highest BCUT2D eigenvalue weighted by atomic mass is 19.1. The second-order valence-corrected chi connectivity index (χ2v) is 10.2. The topological polar surface area (TPSA) is 93.0 Å². The number of ether oxygens (including phenoxy) is 2. The van der Waals surface area contributed by atoms with E-state index in [2.05, 4.69) is 22.8 Å². The van der Waals surface area contributed by atoms with Gasteiger partial charge in [0.2, 0.25) is 0 Å². The van der Waals surface area contributed by atoms with E-state index in [-0.39, 0.29) is 17.2 Å². The van der Waals surface area contributed by atoms with Gasteiger partial charge < -0.3 is 15.2 Å². The molecule has 5 heterocycles. The van der Waals surface area contributed by atoms with Gasteiger partial charge in [0.05, 0.1) is 35.7 Å². The number of aromatic nitrogens is 5. The van der Waals surface area contributed by atoms with E-state index in [9.17, 15) is 4.39 Å². The van der Waals surface area contributed by atoms with Gasteiger partial charge in [0, 0.05) is 59.7 Å². The second kappa shape index (κ2) is 7.39. The molecule has 2 aliphatic heterocycles. The number of nitrogens with two attached hydrogens (primary N) is 1. The molecule has 3 aromatic heterocycles. The molecule has 0 amide bonds. The van der Waals surface area contributed by atoms with Crippen molar-refractivity contribution in [2.45, 2.75) is 44.2 Å². The van der Waals surface area contributed by atoms with Crippen LogP contribution in [0.3, 0.4) is 0 Å². The summed E-state index contributed by atoms with van der Waals surface area (Å²) in [5.41, 5.74) is 13.8. The number of anilines is 1. The fourth-order valence-electron chi connectivity index (χ4n) is 6.18. The van der Waals surface area contributed by atoms with Crippen molar-refractivity contribution in [3.63, 3.8) is 0 Å². The summed E-state index contributed by atoms with van der Waals surface area (Å²) in [7, 11) is 1.93. The first-order valence-corrected chi connectivity index (χ1v) is 12.3. The largest absolute Gasteiger partial charge is 0.482 e. The summed E-state index contributed by atoms with van der Waals surface area (Å²) in [6.45, 7) is 6.01. The van der Waals surface area contributed by atoms with Crippen LogP contribution in [0.15, 0.2) is 36.7 Å². The van der Waals surface area contributed by atoms with Gasteiger partial charge >= 0.3 is 0 Å². The van der Waals surface area contributed by atoms with E-state index in [1.807, 2.05) is 24.7 Å². The summed E-state index contributed by atoms with van der Waals surface area (Å²) in [6.07, 6.45) is 4.29. The second-order valence-electron chi connectivity index (χ2n) is 10.2. The number of nitrogens with zero attached hydrogens (tertiary/aromatic N) is 5. The van der Waals surface area contributed by atoms with E-state index < -0.39 is 6.10 Å². The first-order chi connectivity index (χ1) is 17.4. The predicted octanol–water partition coefficient (Wildman–Crippen LogP) is 4.34. The minimum atomic E-state index is -0.481. The van der Waals surface area contributed by atoms with E-state index in [4.69, 9.17) is 25.4 Å². The summed E-state index contributed by atoms with van der Waals surface area (Å²) in [6, 6.07) is 6.74. The Morgan fingerprint density at radius 1 is 1.19 bits per heavy atom. The van der Waals surface area contributed by atoms with Crippen LogP contribution >= 0.6 is 0 Å². The lowest BCUT2D eigenvalue weighted by molar-refractivity contribution is -0.0626. The Labute approximate surface area is 207 Å². The molecule has 0 saturated carbocycles. The molecule has 9 heteroatoms. The van der Waals surface area contributed by atoms with Gasteiger partial charge in [-0.3, -0.25) is 9.36 Å². The van der Waals surface area contributed by atoms with Crippen LogP contribution < -0.4 is 10.5 Å². The Balaban J connectivity index is 1.58. The van der Waals surface area contributed by atoms with E-state index >= 15 is 0 Å². The Hall–Kier alpha value is -3.72. The van der Waals surface area contributed by atoms with E-state index in [0.717, 1.165) is 40.2 Å². The van der Waals surface area contributed by atoms with Crippen LogP contribution in [0.4, 0.5) is 10.2 Å². The summed E-state index contributed by atoms with van der Waals surface area (Å²) in [5.74, 6) is 0.482. The van der Waals surface area contributed by atoms with Gasteiger partial charge in [-0.15, -0.1) is 0 Å². The smallest absolute Gasteiger partial charge is 0.166 e. The molecule has 1 saturated heterocycles. The minimum Gasteiger partial charge on any atom is -0.482 e. The van der Waals surface area contributed by atoms with E-state index in [1.54, 1.807) is 12.3 Å². The molecule has 36 heavy (non-hydrogen) atoms. The molecule has 1 aliphatic carbocycles. The lowest BCUT2D eigenvalue weighted by atomic mass is 9.80. The maximum absolute atomic E-state index is 14.5. The van der Waals surface area contributed by atoms with Crippen molar-refractivity contribution in [1.82, 2.24) is 24.5 Å². The number of hydrogen-bond acceptors (Lipinski definition) is 6. The fraction of sp³-hybridized carbons (Fsp3) is 0.370. The van der Waals surface area contributed by atoms with Gasteiger partial charge in [-0.25, -0.2) is 9.37 Å². The van der Waals surface area contributed by atoms with Gasteiger partial charge in [0.1, 0.15) is 11.9 Å². The van der Waals surface area contributed by atoms with Crippen LogP contribution in [0, 0.1) is 5.82 Å². The number of hydrogen-bond donors (Lipinski definition) is 1. The molecule has 7 rings (SSSR count). The van der Waals surface area contributed by atoms with Gasteiger partial charge in [0.25, 0.3) is 0 Å². The molecule has 0 radical (unpaired) electrons. The molecule has 184 valence electrons. The van der Waals surface area contributed by atoms with Crippen molar-refractivity contribution in [2.24, 2.45) is 7.05 Å². The average molecular weight is 487 g/mol. The molecule has 1 fully saturated rings. The molecule has 2 atom stereocenters. The molecule has 4 aromatic rings. The van der Waals surface area contributed by atoms with Gasteiger partial charge in [0.15, 0.2) is 11.6 Å². The van der Waals surface area contributed by atoms with Crippen LogP contribution in [0.5, 0.6) is 5.75 Å². The summed E-state index contributed by atoms with van der Waals surface area (Å²) < 4.78 is 30.5. The third-order valence-electron chi connectivity index (χ3n) is 7.89. The summed E-state index contributed by atoms with van der Waals surface area (Å²) >= 11 is 0. The molecular formula is C27H27FN6O2. The van der Waals surface area contributed by atoms with E-state index in [0.29, 0.717) is 36.9 Å². The fourth-order valence-corrected chi connectivity index (χ4v) is 6.18. The zero-order chi connectivity index (χ0) is 24.8. The lowest BCUT2D eigenvalue weighted by Crippen LogP contribution is -2.45. The molecule has 1 spiro atoms. The molecule has 1 aromatic carbocycles. The van der Waals surface area contributed by atoms with Crippen LogP contribution in [-0.2, 0) is 23.7 Å². The standard InChI is InChI=1S/C27H27FN6O2/c1-4-34-24-15-7-21(26(29)30-10-15)36-14(2)18-8-16(28)5-6-17(18)23-20(11-33(3)31-23)19-9-27(12-35-13-27)25(32-34)22(19)24/h5-8,10-11,14,19H,4,9,12-13H2,1-3H3,(H2,29,30)/t14-,19-/m1/s1. The van der Waals surface area contributed by atoms with Crippen LogP contribution in [0.25, 0.3) is 22.5 Å². The Bertz CT molecular complexity index is 1540. The number of nitrogen functional groups attached to an aromatic ring is 1. The van der Waals surface area contributed by atoms with Crippen molar-refractivity contribution < 1.29 is 13.9 Å². The van der Waals surface area contributed by atoms with Crippen LogP contribution in [0.1, 0.15) is 54.7 Å². The lowest BCUT2D eigenvalue weighted by Gasteiger charge is -2.38. The van der Waals surface area contributed by atoms with Gasteiger partial charge in [-0.05, 0) is 44.5 Å². The monoisotopic (exact) mass is 486 g/mol. The molecule has 3 aliphatic rings. The van der Waals surface area contributed by atoms with Crippen molar-refractivity contribution in [2.75, 3.05) is 18.9 Å². The number of rotatable bonds is 1. The van der Waals surface area contributed by atoms with E-state index in [1.165, 1.54) is 17.7 Å². The van der Waals surface area contributed by atoms with Crippen molar-refractivity contribution in [3.05, 3.63) is 64.9 Å². The maximum atomic E-state index is 14.5. The average Bonchev–Trinajstić information content (AvgIpc) is 3.50. The molecular weight excluding hydrogens is 459 g/mol. The number of aryl methyl sites for hydroxylation is 2.